The van der Waals surface area contributed by atoms with Gasteiger partial charge in [-0.15, -0.1) is 0 Å². The van der Waals surface area contributed by atoms with Crippen LogP contribution in [0.25, 0.3) is 0 Å². The van der Waals surface area contributed by atoms with Crippen LogP contribution in [0.3, 0.4) is 0 Å². The van der Waals surface area contributed by atoms with Crippen LogP contribution >= 0.6 is 0 Å². The Balaban J connectivity index is 2.09. The van der Waals surface area contributed by atoms with Crippen molar-refractivity contribution in [2.24, 2.45) is 0 Å². The molecule has 42 heavy (non-hydrogen) atoms. The summed E-state index contributed by atoms with van der Waals surface area (Å²) in [4.78, 5) is 29.2. The Morgan fingerprint density at radius 1 is 0.857 bits per heavy atom. The first-order valence-electron chi connectivity index (χ1n) is 14.3. The van der Waals surface area contributed by atoms with E-state index in [9.17, 15) is 18.0 Å². The van der Waals surface area contributed by atoms with Crippen molar-refractivity contribution in [2.75, 3.05) is 18.0 Å². The number of nitrogens with zero attached hydrogens (tertiary/aromatic N) is 2. The van der Waals surface area contributed by atoms with Crippen molar-refractivity contribution in [3.63, 3.8) is 0 Å². The van der Waals surface area contributed by atoms with E-state index < -0.39 is 28.5 Å². The highest BCUT2D eigenvalue weighted by Gasteiger charge is 2.34. The number of carbonyl (C=O) groups is 2. The van der Waals surface area contributed by atoms with E-state index in [1.54, 1.807) is 55.6 Å². The molecule has 0 aliphatic carbocycles. The molecule has 0 aliphatic heterocycles. The fourth-order valence-electron chi connectivity index (χ4n) is 4.75. The normalized spacial score (nSPS) is 12.7. The first-order chi connectivity index (χ1) is 19.9. The van der Waals surface area contributed by atoms with Gasteiger partial charge in [-0.05, 0) is 93.6 Å². The summed E-state index contributed by atoms with van der Waals surface area (Å²) in [5, 5.41) is 3.00. The molecule has 8 nitrogen and oxygen atoms in total. The summed E-state index contributed by atoms with van der Waals surface area (Å²) >= 11 is 0. The second-order valence-corrected chi connectivity index (χ2v) is 12.6. The molecule has 0 spiro atoms. The third-order valence-electron chi connectivity index (χ3n) is 7.28. The van der Waals surface area contributed by atoms with Crippen molar-refractivity contribution in [2.45, 2.75) is 77.9 Å². The highest BCUT2D eigenvalue weighted by Crippen LogP contribution is 2.27. The minimum Gasteiger partial charge on any atom is -0.497 e. The van der Waals surface area contributed by atoms with E-state index in [0.29, 0.717) is 17.9 Å². The minimum atomic E-state index is -4.12. The molecular formula is C33H43N3O5S. The number of benzene rings is 3. The number of rotatable bonds is 13. The number of aryl methyl sites for hydroxylation is 3. The van der Waals surface area contributed by atoms with Crippen LogP contribution in [0.5, 0.6) is 5.75 Å². The molecule has 1 N–H and O–H groups in total. The number of sulfonamides is 1. The van der Waals surface area contributed by atoms with Crippen LogP contribution in [-0.4, -0.2) is 50.9 Å². The standard InChI is InChI=1S/C33H43N3O5S/c1-8-26(6)34-33(38)31(9-2)35(21-27-12-14-29(41-7)15-13-27)32(37)22-36(28-19-24(4)18-25(5)20-28)42(39,40)30-16-10-23(3)11-17-30/h10-20,26,31H,8-9,21-22H2,1-7H3,(H,34,38)/t26-,31+/m1/s1. The summed E-state index contributed by atoms with van der Waals surface area (Å²) in [5.41, 5.74) is 3.85. The van der Waals surface area contributed by atoms with Crippen molar-refractivity contribution < 1.29 is 22.7 Å². The van der Waals surface area contributed by atoms with E-state index in [-0.39, 0.29) is 23.4 Å². The maximum Gasteiger partial charge on any atom is 0.264 e. The van der Waals surface area contributed by atoms with Crippen molar-refractivity contribution >= 4 is 27.5 Å². The zero-order valence-corrected chi connectivity index (χ0v) is 26.5. The van der Waals surface area contributed by atoms with Crippen LogP contribution in [0.1, 0.15) is 55.9 Å². The molecule has 0 fully saturated rings. The monoisotopic (exact) mass is 593 g/mol. The minimum absolute atomic E-state index is 0.0711. The van der Waals surface area contributed by atoms with Gasteiger partial charge in [-0.3, -0.25) is 13.9 Å². The van der Waals surface area contributed by atoms with Gasteiger partial charge in [0.1, 0.15) is 18.3 Å². The zero-order valence-electron chi connectivity index (χ0n) is 25.7. The fourth-order valence-corrected chi connectivity index (χ4v) is 6.15. The van der Waals surface area contributed by atoms with E-state index in [4.69, 9.17) is 4.74 Å². The van der Waals surface area contributed by atoms with Crippen LogP contribution < -0.4 is 14.4 Å². The van der Waals surface area contributed by atoms with Crippen LogP contribution in [-0.2, 0) is 26.2 Å². The van der Waals surface area contributed by atoms with Crippen molar-refractivity contribution in [1.29, 1.82) is 0 Å². The summed E-state index contributed by atoms with van der Waals surface area (Å²) in [5.74, 6) is -0.0803. The SMILES string of the molecule is CC[C@@H](C)NC(=O)[C@H](CC)N(Cc1ccc(OC)cc1)C(=O)CN(c1cc(C)cc(C)c1)S(=O)(=O)c1ccc(C)cc1. The van der Waals surface area contributed by atoms with Crippen LogP contribution in [0.4, 0.5) is 5.69 Å². The Kier molecular flexibility index (Phi) is 11.2. The molecule has 2 amide bonds. The largest absolute Gasteiger partial charge is 0.497 e. The van der Waals surface area contributed by atoms with Gasteiger partial charge >= 0.3 is 0 Å². The van der Waals surface area contributed by atoms with E-state index >= 15 is 0 Å². The molecule has 3 aromatic carbocycles. The predicted octanol–water partition coefficient (Wildman–Crippen LogP) is 5.54. The summed E-state index contributed by atoms with van der Waals surface area (Å²) in [6.45, 7) is 11.0. The molecule has 0 radical (unpaired) electrons. The van der Waals surface area contributed by atoms with E-state index in [1.165, 1.54) is 4.90 Å². The first-order valence-corrected chi connectivity index (χ1v) is 15.7. The highest BCUT2D eigenvalue weighted by molar-refractivity contribution is 7.92. The predicted molar refractivity (Wildman–Crippen MR) is 167 cm³/mol. The van der Waals surface area contributed by atoms with Gasteiger partial charge in [0.05, 0.1) is 17.7 Å². The lowest BCUT2D eigenvalue weighted by molar-refractivity contribution is -0.140. The Hall–Kier alpha value is -3.85. The van der Waals surface area contributed by atoms with Gasteiger partial charge in [-0.25, -0.2) is 8.42 Å². The van der Waals surface area contributed by atoms with Gasteiger partial charge in [0.15, 0.2) is 0 Å². The fraction of sp³-hybridized carbons (Fsp3) is 0.394. The van der Waals surface area contributed by atoms with Gasteiger partial charge in [0, 0.05) is 12.6 Å². The molecule has 0 aliphatic rings. The molecular weight excluding hydrogens is 550 g/mol. The third-order valence-corrected chi connectivity index (χ3v) is 9.07. The van der Waals surface area contributed by atoms with E-state index in [0.717, 1.165) is 33.0 Å². The number of anilines is 1. The van der Waals surface area contributed by atoms with Crippen molar-refractivity contribution in [3.05, 3.63) is 89.0 Å². The first kappa shape index (κ1) is 32.7. The van der Waals surface area contributed by atoms with Crippen molar-refractivity contribution in [3.8, 4) is 5.75 Å². The summed E-state index contributed by atoms with van der Waals surface area (Å²) in [6, 6.07) is 18.4. The number of ether oxygens (including phenoxy) is 1. The molecule has 0 unspecified atom stereocenters. The van der Waals surface area contributed by atoms with Crippen LogP contribution in [0.15, 0.2) is 71.6 Å². The van der Waals surface area contributed by atoms with Crippen LogP contribution in [0, 0.1) is 20.8 Å². The number of hydrogen-bond donors (Lipinski definition) is 1. The van der Waals surface area contributed by atoms with Crippen LogP contribution in [0.2, 0.25) is 0 Å². The molecule has 3 aromatic rings. The van der Waals surface area contributed by atoms with Gasteiger partial charge < -0.3 is 15.0 Å². The zero-order chi connectivity index (χ0) is 31.0. The number of hydrogen-bond acceptors (Lipinski definition) is 5. The summed E-state index contributed by atoms with van der Waals surface area (Å²) in [7, 11) is -2.55. The lowest BCUT2D eigenvalue weighted by Gasteiger charge is -2.34. The van der Waals surface area contributed by atoms with Gasteiger partial charge in [0.2, 0.25) is 11.8 Å². The number of carbonyl (C=O) groups excluding carboxylic acids is 2. The second kappa shape index (κ2) is 14.4. The summed E-state index contributed by atoms with van der Waals surface area (Å²) < 4.78 is 34.6. The maximum absolute atomic E-state index is 14.2. The Labute approximate surface area is 250 Å². The maximum atomic E-state index is 14.2. The number of methoxy groups -OCH3 is 1. The molecule has 9 heteroatoms. The quantitative estimate of drug-likeness (QED) is 0.281. The Morgan fingerprint density at radius 2 is 1.45 bits per heavy atom. The number of nitrogens with one attached hydrogen (secondary N) is 1. The molecule has 0 bridgehead atoms. The van der Waals surface area contributed by atoms with Crippen molar-refractivity contribution in [1.82, 2.24) is 10.2 Å². The van der Waals surface area contributed by atoms with E-state index in [1.807, 2.05) is 59.7 Å². The molecule has 0 heterocycles. The molecule has 226 valence electrons. The Bertz CT molecular complexity index is 1450. The molecule has 0 aromatic heterocycles. The molecule has 0 saturated carbocycles. The molecule has 0 saturated heterocycles. The molecule has 3 rings (SSSR count). The second-order valence-electron chi connectivity index (χ2n) is 10.8. The Morgan fingerprint density at radius 3 is 1.98 bits per heavy atom. The average molecular weight is 594 g/mol. The van der Waals surface area contributed by atoms with Gasteiger partial charge in [-0.1, -0.05) is 49.7 Å². The lowest BCUT2D eigenvalue weighted by Crippen LogP contribution is -2.53. The van der Waals surface area contributed by atoms with Gasteiger partial charge in [-0.2, -0.15) is 0 Å². The van der Waals surface area contributed by atoms with Gasteiger partial charge in [0.25, 0.3) is 10.0 Å². The average Bonchev–Trinajstić information content (AvgIpc) is 2.95. The molecule has 2 atom stereocenters. The topological polar surface area (TPSA) is 96.0 Å². The lowest BCUT2D eigenvalue weighted by atomic mass is 10.1. The number of amides is 2. The smallest absolute Gasteiger partial charge is 0.264 e. The highest BCUT2D eigenvalue weighted by atomic mass is 32.2. The van der Waals surface area contributed by atoms with E-state index in [2.05, 4.69) is 5.32 Å². The summed E-state index contributed by atoms with van der Waals surface area (Å²) in [6.07, 6.45) is 1.10. The third kappa shape index (κ3) is 8.12.